The predicted octanol–water partition coefficient (Wildman–Crippen LogP) is 3.87. The third-order valence-corrected chi connectivity index (χ3v) is 4.29. The zero-order valence-electron chi connectivity index (χ0n) is 11.0. The van der Waals surface area contributed by atoms with Crippen molar-refractivity contribution in [1.82, 2.24) is 0 Å². The molecule has 17 heavy (non-hydrogen) atoms. The maximum Gasteiger partial charge on any atom is -0.000556 e. The Labute approximate surface area is 105 Å². The zero-order chi connectivity index (χ0) is 12.1. The summed E-state index contributed by atoms with van der Waals surface area (Å²) < 4.78 is 0. The van der Waals surface area contributed by atoms with E-state index in [1.54, 1.807) is 0 Å². The number of rotatable bonds is 4. The van der Waals surface area contributed by atoms with Crippen LogP contribution < -0.4 is 5.73 Å². The van der Waals surface area contributed by atoms with Gasteiger partial charge in [0.1, 0.15) is 0 Å². The molecule has 1 aromatic carbocycles. The first-order valence-electron chi connectivity index (χ1n) is 7.14. The lowest BCUT2D eigenvalue weighted by molar-refractivity contribution is 0.307. The Morgan fingerprint density at radius 1 is 1.12 bits per heavy atom. The summed E-state index contributed by atoms with van der Waals surface area (Å²) in [5.74, 6) is 1.41. The molecule has 0 amide bonds. The van der Waals surface area contributed by atoms with Crippen molar-refractivity contribution in [3.05, 3.63) is 35.4 Å². The standard InChI is InChI=1S/C16H25N/c1-2-13-8-10-15(11-9-13)16(12-17)14-6-4-3-5-7-14/h8-11,14,16H,2-7,12,17H2,1H3. The zero-order valence-corrected chi connectivity index (χ0v) is 11.0. The minimum atomic E-state index is 0.584. The monoisotopic (exact) mass is 231 g/mol. The Balaban J connectivity index is 2.10. The average Bonchev–Trinajstić information content (AvgIpc) is 2.42. The van der Waals surface area contributed by atoms with E-state index in [4.69, 9.17) is 5.73 Å². The molecule has 1 aromatic rings. The van der Waals surface area contributed by atoms with E-state index in [0.29, 0.717) is 5.92 Å². The normalized spacial score (nSPS) is 19.2. The van der Waals surface area contributed by atoms with Crippen molar-refractivity contribution in [2.24, 2.45) is 11.7 Å². The van der Waals surface area contributed by atoms with Gasteiger partial charge in [-0.15, -0.1) is 0 Å². The van der Waals surface area contributed by atoms with Gasteiger partial charge in [0.2, 0.25) is 0 Å². The second-order valence-electron chi connectivity index (χ2n) is 5.34. The van der Waals surface area contributed by atoms with Crippen molar-refractivity contribution in [2.75, 3.05) is 6.54 Å². The van der Waals surface area contributed by atoms with Gasteiger partial charge < -0.3 is 5.73 Å². The van der Waals surface area contributed by atoms with Gasteiger partial charge >= 0.3 is 0 Å². The molecule has 0 aromatic heterocycles. The van der Waals surface area contributed by atoms with E-state index in [0.717, 1.165) is 18.9 Å². The second-order valence-corrected chi connectivity index (χ2v) is 5.34. The van der Waals surface area contributed by atoms with Crippen LogP contribution in [0.1, 0.15) is 56.1 Å². The van der Waals surface area contributed by atoms with E-state index < -0.39 is 0 Å². The second kappa shape index (κ2) is 6.20. The Morgan fingerprint density at radius 3 is 2.29 bits per heavy atom. The molecule has 0 aliphatic heterocycles. The van der Waals surface area contributed by atoms with Crippen LogP contribution in [0, 0.1) is 5.92 Å². The Morgan fingerprint density at radius 2 is 1.76 bits per heavy atom. The van der Waals surface area contributed by atoms with Gasteiger partial charge in [0.05, 0.1) is 0 Å². The Hall–Kier alpha value is -0.820. The lowest BCUT2D eigenvalue weighted by Crippen LogP contribution is -2.23. The highest BCUT2D eigenvalue weighted by molar-refractivity contribution is 5.26. The molecule has 1 heteroatoms. The van der Waals surface area contributed by atoms with Gasteiger partial charge in [-0.1, -0.05) is 50.5 Å². The molecule has 1 atom stereocenters. The van der Waals surface area contributed by atoms with Crippen LogP contribution in [0.25, 0.3) is 0 Å². The quantitative estimate of drug-likeness (QED) is 0.836. The maximum atomic E-state index is 6.01. The number of hydrogen-bond donors (Lipinski definition) is 1. The number of hydrogen-bond acceptors (Lipinski definition) is 1. The molecule has 94 valence electrons. The molecule has 0 saturated heterocycles. The third-order valence-electron chi connectivity index (χ3n) is 4.29. The fourth-order valence-electron chi connectivity index (χ4n) is 3.14. The fourth-order valence-corrected chi connectivity index (χ4v) is 3.14. The van der Waals surface area contributed by atoms with E-state index in [1.807, 2.05) is 0 Å². The molecule has 2 rings (SSSR count). The molecule has 0 bridgehead atoms. The summed E-state index contributed by atoms with van der Waals surface area (Å²) in [6.45, 7) is 3.01. The molecule has 1 nitrogen and oxygen atoms in total. The Kier molecular flexibility index (Phi) is 4.61. The van der Waals surface area contributed by atoms with Crippen molar-refractivity contribution >= 4 is 0 Å². The molecule has 1 unspecified atom stereocenters. The third kappa shape index (κ3) is 3.10. The summed E-state index contributed by atoms with van der Waals surface area (Å²) in [6.07, 6.45) is 8.08. The van der Waals surface area contributed by atoms with Gasteiger partial charge in [-0.2, -0.15) is 0 Å². The maximum absolute atomic E-state index is 6.01. The first-order valence-corrected chi connectivity index (χ1v) is 7.14. The highest BCUT2D eigenvalue weighted by atomic mass is 14.6. The van der Waals surface area contributed by atoms with Crippen molar-refractivity contribution in [3.63, 3.8) is 0 Å². The molecule has 0 radical (unpaired) electrons. The minimum Gasteiger partial charge on any atom is -0.330 e. The van der Waals surface area contributed by atoms with Crippen LogP contribution >= 0.6 is 0 Å². The largest absolute Gasteiger partial charge is 0.330 e. The van der Waals surface area contributed by atoms with Crippen LogP contribution in [0.15, 0.2) is 24.3 Å². The van der Waals surface area contributed by atoms with Gasteiger partial charge in [0.25, 0.3) is 0 Å². The topological polar surface area (TPSA) is 26.0 Å². The smallest absolute Gasteiger partial charge is 0.000556 e. The van der Waals surface area contributed by atoms with Gasteiger partial charge in [-0.25, -0.2) is 0 Å². The van der Waals surface area contributed by atoms with E-state index in [2.05, 4.69) is 31.2 Å². The SMILES string of the molecule is CCc1ccc(C(CN)C2CCCCC2)cc1. The van der Waals surface area contributed by atoms with Crippen LogP contribution in [0.5, 0.6) is 0 Å². The van der Waals surface area contributed by atoms with E-state index in [9.17, 15) is 0 Å². The summed E-state index contributed by atoms with van der Waals surface area (Å²) >= 11 is 0. The lowest BCUT2D eigenvalue weighted by atomic mass is 9.77. The summed E-state index contributed by atoms with van der Waals surface area (Å²) in [6, 6.07) is 9.12. The summed E-state index contributed by atoms with van der Waals surface area (Å²) in [4.78, 5) is 0. The van der Waals surface area contributed by atoms with Crippen LogP contribution in [0.2, 0.25) is 0 Å². The Bertz CT molecular complexity index is 322. The summed E-state index contributed by atoms with van der Waals surface area (Å²) in [5, 5.41) is 0. The molecule has 1 saturated carbocycles. The first-order chi connectivity index (χ1) is 8.35. The van der Waals surface area contributed by atoms with Crippen LogP contribution in [-0.4, -0.2) is 6.54 Å². The molecule has 1 fully saturated rings. The fraction of sp³-hybridized carbons (Fsp3) is 0.625. The molecule has 1 aliphatic rings. The van der Waals surface area contributed by atoms with E-state index >= 15 is 0 Å². The molecule has 0 spiro atoms. The van der Waals surface area contributed by atoms with E-state index in [-0.39, 0.29) is 0 Å². The number of aryl methyl sites for hydroxylation is 1. The van der Waals surface area contributed by atoms with Crippen LogP contribution in [0.3, 0.4) is 0 Å². The van der Waals surface area contributed by atoms with Crippen LogP contribution in [0.4, 0.5) is 0 Å². The van der Waals surface area contributed by atoms with Gasteiger partial charge in [-0.3, -0.25) is 0 Å². The summed E-state index contributed by atoms with van der Waals surface area (Å²) in [7, 11) is 0. The molecule has 1 aliphatic carbocycles. The van der Waals surface area contributed by atoms with Crippen molar-refractivity contribution < 1.29 is 0 Å². The number of benzene rings is 1. The molecule has 0 heterocycles. The van der Waals surface area contributed by atoms with Gasteiger partial charge in [0.15, 0.2) is 0 Å². The highest BCUT2D eigenvalue weighted by Crippen LogP contribution is 2.35. The van der Waals surface area contributed by atoms with Gasteiger partial charge in [0, 0.05) is 0 Å². The number of nitrogens with two attached hydrogens (primary N) is 1. The summed E-state index contributed by atoms with van der Waals surface area (Å²) in [5.41, 5.74) is 8.89. The van der Waals surface area contributed by atoms with Crippen molar-refractivity contribution in [2.45, 2.75) is 51.4 Å². The average molecular weight is 231 g/mol. The van der Waals surface area contributed by atoms with Crippen molar-refractivity contribution in [3.8, 4) is 0 Å². The highest BCUT2D eigenvalue weighted by Gasteiger charge is 2.23. The van der Waals surface area contributed by atoms with E-state index in [1.165, 1.54) is 43.2 Å². The van der Waals surface area contributed by atoms with Crippen molar-refractivity contribution in [1.29, 1.82) is 0 Å². The molecular weight excluding hydrogens is 206 g/mol. The molecular formula is C16H25N. The first kappa shape index (κ1) is 12.6. The minimum absolute atomic E-state index is 0.584. The predicted molar refractivity (Wildman–Crippen MR) is 74.2 cm³/mol. The van der Waals surface area contributed by atoms with Gasteiger partial charge in [-0.05, 0) is 48.8 Å². The lowest BCUT2D eigenvalue weighted by Gasteiger charge is -2.29. The molecule has 2 N–H and O–H groups in total. The van der Waals surface area contributed by atoms with Crippen LogP contribution in [-0.2, 0) is 6.42 Å².